The number of ether oxygens (including phenoxy) is 1. The summed E-state index contributed by atoms with van der Waals surface area (Å²) in [5.74, 6) is 1.86. The minimum atomic E-state index is -0.0270. The smallest absolute Gasteiger partial charge is 0.246 e. The second-order valence-electron chi connectivity index (χ2n) is 6.83. The molecule has 124 valence electrons. The van der Waals surface area contributed by atoms with Gasteiger partial charge in [-0.1, -0.05) is 27.2 Å². The highest BCUT2D eigenvalue weighted by Gasteiger charge is 2.31. The summed E-state index contributed by atoms with van der Waals surface area (Å²) in [6, 6.07) is 0. The lowest BCUT2D eigenvalue weighted by molar-refractivity contribution is -0.131. The number of rotatable bonds is 7. The van der Waals surface area contributed by atoms with Crippen molar-refractivity contribution in [1.82, 2.24) is 14.9 Å². The Morgan fingerprint density at radius 3 is 2.95 bits per heavy atom. The number of nitrogens with one attached hydrogen (secondary N) is 1. The molecule has 1 aliphatic rings. The van der Waals surface area contributed by atoms with Crippen molar-refractivity contribution in [3.05, 3.63) is 18.7 Å². The van der Waals surface area contributed by atoms with Crippen LogP contribution in [0.15, 0.2) is 18.7 Å². The molecule has 1 heterocycles. The van der Waals surface area contributed by atoms with Crippen molar-refractivity contribution in [2.24, 2.45) is 17.8 Å². The Labute approximate surface area is 133 Å². The fourth-order valence-corrected chi connectivity index (χ4v) is 3.28. The van der Waals surface area contributed by atoms with Crippen LogP contribution in [0.5, 0.6) is 0 Å². The molecule has 1 fully saturated rings. The van der Waals surface area contributed by atoms with E-state index in [1.807, 2.05) is 10.8 Å². The number of carbonyl (C=O) groups excluding carboxylic acids is 1. The van der Waals surface area contributed by atoms with Gasteiger partial charge < -0.3 is 14.6 Å². The van der Waals surface area contributed by atoms with Gasteiger partial charge in [0.25, 0.3) is 0 Å². The normalized spacial score (nSPS) is 25.4. The monoisotopic (exact) mass is 307 g/mol. The lowest BCUT2D eigenvalue weighted by Gasteiger charge is -2.37. The molecule has 5 nitrogen and oxygen atoms in total. The third-order valence-corrected chi connectivity index (χ3v) is 4.64. The fraction of sp³-hybridized carbons (Fsp3) is 0.765. The van der Waals surface area contributed by atoms with Crippen LogP contribution < -0.4 is 5.32 Å². The Hall–Kier alpha value is -1.36. The van der Waals surface area contributed by atoms with Gasteiger partial charge in [-0.05, 0) is 30.6 Å². The van der Waals surface area contributed by atoms with E-state index in [9.17, 15) is 4.79 Å². The molecule has 1 aromatic heterocycles. The molecule has 0 bridgehead atoms. The van der Waals surface area contributed by atoms with Crippen LogP contribution in [-0.4, -0.2) is 34.7 Å². The van der Waals surface area contributed by atoms with Crippen molar-refractivity contribution < 1.29 is 9.53 Å². The number of hydrogen-bond acceptors (Lipinski definition) is 3. The highest BCUT2D eigenvalue weighted by molar-refractivity contribution is 5.77. The van der Waals surface area contributed by atoms with E-state index in [2.05, 4.69) is 31.1 Å². The minimum Gasteiger partial charge on any atom is -0.368 e. The van der Waals surface area contributed by atoms with Gasteiger partial charge in [0.2, 0.25) is 5.91 Å². The molecule has 1 saturated carbocycles. The van der Waals surface area contributed by atoms with Gasteiger partial charge in [-0.2, -0.15) is 0 Å². The number of amides is 1. The zero-order chi connectivity index (χ0) is 15.9. The molecule has 1 aromatic rings. The van der Waals surface area contributed by atoms with E-state index >= 15 is 0 Å². The van der Waals surface area contributed by atoms with Crippen LogP contribution in [0.2, 0.25) is 0 Å². The quantitative estimate of drug-likeness (QED) is 0.842. The molecule has 5 heteroatoms. The van der Waals surface area contributed by atoms with Crippen LogP contribution in [-0.2, 0) is 16.1 Å². The lowest BCUT2D eigenvalue weighted by Crippen LogP contribution is -2.38. The predicted molar refractivity (Wildman–Crippen MR) is 86.3 cm³/mol. The van der Waals surface area contributed by atoms with Gasteiger partial charge in [0.05, 0.1) is 12.4 Å². The van der Waals surface area contributed by atoms with Crippen molar-refractivity contribution in [2.75, 3.05) is 13.2 Å². The molecule has 0 unspecified atom stereocenters. The standard InChI is InChI=1S/C17H29N3O2/c1-13(2)15-5-4-14(3)10-16(15)22-11-17(21)19-7-9-20-8-6-18-12-20/h6,8,12-16H,4-5,7,9-11H2,1-3H3,(H,19,21)/t14-,15+,16-/m1/s1. The van der Waals surface area contributed by atoms with Gasteiger partial charge >= 0.3 is 0 Å². The molecule has 1 N–H and O–H groups in total. The molecule has 1 aliphatic carbocycles. The molecule has 1 amide bonds. The van der Waals surface area contributed by atoms with Crippen molar-refractivity contribution >= 4 is 5.91 Å². The molecular formula is C17H29N3O2. The summed E-state index contributed by atoms with van der Waals surface area (Å²) in [4.78, 5) is 15.9. The van der Waals surface area contributed by atoms with Crippen LogP contribution in [0, 0.1) is 17.8 Å². The maximum absolute atomic E-state index is 11.9. The molecule has 0 saturated heterocycles. The summed E-state index contributed by atoms with van der Waals surface area (Å²) in [5, 5.41) is 2.90. The molecule has 0 aliphatic heterocycles. The Morgan fingerprint density at radius 2 is 2.27 bits per heavy atom. The molecule has 2 rings (SSSR count). The first kappa shape index (κ1) is 17.0. The Balaban J connectivity index is 1.69. The van der Waals surface area contributed by atoms with Crippen molar-refractivity contribution in [2.45, 2.75) is 52.7 Å². The Morgan fingerprint density at radius 1 is 1.45 bits per heavy atom. The van der Waals surface area contributed by atoms with E-state index < -0.39 is 0 Å². The molecule has 22 heavy (non-hydrogen) atoms. The van der Waals surface area contributed by atoms with E-state index in [0.717, 1.165) is 13.0 Å². The van der Waals surface area contributed by atoms with Gasteiger partial charge in [0.15, 0.2) is 0 Å². The third kappa shape index (κ3) is 5.13. The van der Waals surface area contributed by atoms with Crippen LogP contribution >= 0.6 is 0 Å². The summed E-state index contributed by atoms with van der Waals surface area (Å²) in [7, 11) is 0. The van der Waals surface area contributed by atoms with Crippen LogP contribution in [0.4, 0.5) is 0 Å². The molecule has 3 atom stereocenters. The first-order chi connectivity index (χ1) is 10.6. The number of imidazole rings is 1. The SMILES string of the molecule is CC(C)[C@@H]1CC[C@@H](C)C[C@H]1OCC(=O)NCCn1ccnc1. The van der Waals surface area contributed by atoms with Crippen LogP contribution in [0.1, 0.15) is 40.0 Å². The molecule has 0 spiro atoms. The summed E-state index contributed by atoms with van der Waals surface area (Å²) in [6.45, 7) is 8.29. The maximum Gasteiger partial charge on any atom is 0.246 e. The highest BCUT2D eigenvalue weighted by atomic mass is 16.5. The second-order valence-corrected chi connectivity index (χ2v) is 6.83. The van der Waals surface area contributed by atoms with Gasteiger partial charge in [-0.15, -0.1) is 0 Å². The van der Waals surface area contributed by atoms with Crippen molar-refractivity contribution in [1.29, 1.82) is 0 Å². The van der Waals surface area contributed by atoms with Gasteiger partial charge in [-0.3, -0.25) is 4.79 Å². The summed E-state index contributed by atoms with van der Waals surface area (Å²) >= 11 is 0. The Bertz CT molecular complexity index is 445. The number of aromatic nitrogens is 2. The third-order valence-electron chi connectivity index (χ3n) is 4.64. The van der Waals surface area contributed by atoms with E-state index in [1.54, 1.807) is 12.5 Å². The first-order valence-corrected chi connectivity index (χ1v) is 8.40. The Kier molecular flexibility index (Phi) is 6.43. The average Bonchev–Trinajstić information content (AvgIpc) is 2.98. The summed E-state index contributed by atoms with van der Waals surface area (Å²) < 4.78 is 7.89. The lowest BCUT2D eigenvalue weighted by atomic mass is 9.75. The number of hydrogen-bond donors (Lipinski definition) is 1. The van der Waals surface area contributed by atoms with E-state index in [4.69, 9.17) is 4.74 Å². The van der Waals surface area contributed by atoms with E-state index in [1.165, 1.54) is 12.8 Å². The van der Waals surface area contributed by atoms with Crippen LogP contribution in [0.3, 0.4) is 0 Å². The van der Waals surface area contributed by atoms with Gasteiger partial charge in [0.1, 0.15) is 6.61 Å². The minimum absolute atomic E-state index is 0.0270. The number of nitrogens with zero attached hydrogens (tertiary/aromatic N) is 2. The molecule has 0 aromatic carbocycles. The van der Waals surface area contributed by atoms with Crippen LogP contribution in [0.25, 0.3) is 0 Å². The molecule has 0 radical (unpaired) electrons. The van der Waals surface area contributed by atoms with E-state index in [-0.39, 0.29) is 18.6 Å². The summed E-state index contributed by atoms with van der Waals surface area (Å²) in [6.07, 6.45) is 9.17. The van der Waals surface area contributed by atoms with Crippen molar-refractivity contribution in [3.8, 4) is 0 Å². The van der Waals surface area contributed by atoms with Crippen molar-refractivity contribution in [3.63, 3.8) is 0 Å². The maximum atomic E-state index is 11.9. The van der Waals surface area contributed by atoms with Gasteiger partial charge in [-0.25, -0.2) is 4.98 Å². The first-order valence-electron chi connectivity index (χ1n) is 8.40. The zero-order valence-corrected chi connectivity index (χ0v) is 14.0. The zero-order valence-electron chi connectivity index (χ0n) is 14.0. The van der Waals surface area contributed by atoms with E-state index in [0.29, 0.717) is 24.3 Å². The topological polar surface area (TPSA) is 56.1 Å². The molecular weight excluding hydrogens is 278 g/mol. The summed E-state index contributed by atoms with van der Waals surface area (Å²) in [5.41, 5.74) is 0. The predicted octanol–water partition coefficient (Wildman–Crippen LogP) is 2.48. The highest BCUT2D eigenvalue weighted by Crippen LogP contribution is 2.35. The second kappa shape index (κ2) is 8.32. The van der Waals surface area contributed by atoms with Gasteiger partial charge in [0, 0.05) is 25.5 Å². The average molecular weight is 307 g/mol. The largest absolute Gasteiger partial charge is 0.368 e. The fourth-order valence-electron chi connectivity index (χ4n) is 3.28. The number of carbonyl (C=O) groups is 1.